The van der Waals surface area contributed by atoms with Crippen LogP contribution in [-0.2, 0) is 0 Å². The molecule has 0 aliphatic rings. The molecule has 0 amide bonds. The van der Waals surface area contributed by atoms with Crippen molar-refractivity contribution in [1.29, 1.82) is 0 Å². The zero-order valence-electron chi connectivity index (χ0n) is 6.33. The SMILES string of the molecule is CCOc1cc(F)[c]c(F)c1F. The maximum Gasteiger partial charge on any atom is 0.201 e. The number of hydrogen-bond acceptors (Lipinski definition) is 1. The highest BCUT2D eigenvalue weighted by atomic mass is 19.2. The Bertz CT molecular complexity index is 286. The number of ether oxygens (including phenoxy) is 1. The summed E-state index contributed by atoms with van der Waals surface area (Å²) in [6.45, 7) is 1.74. The molecule has 0 aromatic heterocycles. The van der Waals surface area contributed by atoms with E-state index in [1.165, 1.54) is 0 Å². The molecule has 0 unspecified atom stereocenters. The second-order valence-corrected chi connectivity index (χ2v) is 2.04. The predicted octanol–water partition coefficient (Wildman–Crippen LogP) is 2.30. The topological polar surface area (TPSA) is 9.23 Å². The van der Waals surface area contributed by atoms with Gasteiger partial charge in [0.05, 0.1) is 12.7 Å². The van der Waals surface area contributed by atoms with Crippen molar-refractivity contribution in [2.75, 3.05) is 6.61 Å². The fourth-order valence-electron chi connectivity index (χ4n) is 0.743. The van der Waals surface area contributed by atoms with Crippen molar-refractivity contribution in [1.82, 2.24) is 0 Å². The molecule has 4 heteroatoms. The van der Waals surface area contributed by atoms with Crippen molar-refractivity contribution in [2.24, 2.45) is 0 Å². The molecule has 0 N–H and O–H groups in total. The van der Waals surface area contributed by atoms with Gasteiger partial charge in [-0.2, -0.15) is 4.39 Å². The summed E-state index contributed by atoms with van der Waals surface area (Å²) in [5.74, 6) is -3.97. The maximum atomic E-state index is 12.7. The summed E-state index contributed by atoms with van der Waals surface area (Å²) in [7, 11) is 0. The van der Waals surface area contributed by atoms with E-state index in [1.54, 1.807) is 13.0 Å². The number of rotatable bonds is 2. The van der Waals surface area contributed by atoms with Crippen molar-refractivity contribution in [3.63, 3.8) is 0 Å². The molecule has 0 spiro atoms. The molecule has 0 aliphatic heterocycles. The summed E-state index contributed by atoms with van der Waals surface area (Å²) in [4.78, 5) is 0. The number of hydrogen-bond donors (Lipinski definition) is 0. The lowest BCUT2D eigenvalue weighted by molar-refractivity contribution is 0.311. The Morgan fingerprint density at radius 1 is 1.42 bits per heavy atom. The third-order valence-electron chi connectivity index (χ3n) is 1.20. The first-order chi connectivity index (χ1) is 5.65. The molecule has 0 aliphatic carbocycles. The first-order valence-corrected chi connectivity index (χ1v) is 3.34. The van der Waals surface area contributed by atoms with Gasteiger partial charge in [0.1, 0.15) is 5.82 Å². The van der Waals surface area contributed by atoms with Gasteiger partial charge < -0.3 is 4.74 Å². The Labute approximate surface area is 67.8 Å². The molecule has 12 heavy (non-hydrogen) atoms. The Kier molecular flexibility index (Phi) is 2.58. The predicted molar refractivity (Wildman–Crippen MR) is 36.3 cm³/mol. The van der Waals surface area contributed by atoms with Gasteiger partial charge in [0.25, 0.3) is 0 Å². The average Bonchev–Trinajstić information content (AvgIpc) is 2.00. The van der Waals surface area contributed by atoms with Crippen LogP contribution in [0.4, 0.5) is 13.2 Å². The van der Waals surface area contributed by atoms with Gasteiger partial charge in [-0.25, -0.2) is 8.78 Å². The smallest absolute Gasteiger partial charge is 0.201 e. The first-order valence-electron chi connectivity index (χ1n) is 3.34. The van der Waals surface area contributed by atoms with Gasteiger partial charge in [-0.3, -0.25) is 0 Å². The minimum atomic E-state index is -1.36. The van der Waals surface area contributed by atoms with E-state index in [1.807, 2.05) is 0 Å². The molecular weight excluding hydrogens is 169 g/mol. The highest BCUT2D eigenvalue weighted by Crippen LogP contribution is 2.20. The van der Waals surface area contributed by atoms with Crippen molar-refractivity contribution in [2.45, 2.75) is 6.92 Å². The van der Waals surface area contributed by atoms with E-state index in [2.05, 4.69) is 4.74 Å². The van der Waals surface area contributed by atoms with E-state index in [9.17, 15) is 13.2 Å². The molecule has 1 nitrogen and oxygen atoms in total. The largest absolute Gasteiger partial charge is 0.491 e. The molecule has 0 heterocycles. The van der Waals surface area contributed by atoms with Crippen LogP contribution in [-0.4, -0.2) is 6.61 Å². The van der Waals surface area contributed by atoms with Crippen LogP contribution in [0.15, 0.2) is 6.07 Å². The van der Waals surface area contributed by atoms with Crippen molar-refractivity contribution < 1.29 is 17.9 Å². The first kappa shape index (κ1) is 8.90. The van der Waals surface area contributed by atoms with E-state index >= 15 is 0 Å². The summed E-state index contributed by atoms with van der Waals surface area (Å²) >= 11 is 0. The molecule has 1 rings (SSSR count). The van der Waals surface area contributed by atoms with Crippen LogP contribution in [0.3, 0.4) is 0 Å². The van der Waals surface area contributed by atoms with E-state index < -0.39 is 23.2 Å². The molecule has 0 fully saturated rings. The Morgan fingerprint density at radius 2 is 2.08 bits per heavy atom. The van der Waals surface area contributed by atoms with Crippen LogP contribution in [0.2, 0.25) is 0 Å². The molecule has 0 saturated carbocycles. The van der Waals surface area contributed by atoms with Gasteiger partial charge in [0, 0.05) is 6.07 Å². The summed E-state index contributed by atoms with van der Waals surface area (Å²) in [5.41, 5.74) is 0. The molecule has 1 aromatic carbocycles. The molecule has 65 valence electrons. The molecule has 0 saturated heterocycles. The third kappa shape index (κ3) is 1.69. The minimum absolute atomic E-state index is 0.153. The molecular formula is C8H6F3O. The summed E-state index contributed by atoms with van der Waals surface area (Å²) < 4.78 is 42.1. The van der Waals surface area contributed by atoms with Gasteiger partial charge in [-0.15, -0.1) is 0 Å². The Hall–Kier alpha value is -1.19. The van der Waals surface area contributed by atoms with Gasteiger partial charge in [-0.05, 0) is 6.92 Å². The highest BCUT2D eigenvalue weighted by Gasteiger charge is 2.11. The summed E-state index contributed by atoms with van der Waals surface area (Å²) in [6, 6.07) is 2.30. The van der Waals surface area contributed by atoms with Crippen LogP contribution in [0.1, 0.15) is 6.92 Å². The second-order valence-electron chi connectivity index (χ2n) is 2.04. The molecule has 1 radical (unpaired) electrons. The quantitative estimate of drug-likeness (QED) is 0.626. The summed E-state index contributed by atoms with van der Waals surface area (Å²) in [5, 5.41) is 0. The zero-order chi connectivity index (χ0) is 9.14. The molecule has 1 aromatic rings. The normalized spacial score (nSPS) is 10.0. The fraction of sp³-hybridized carbons (Fsp3) is 0.250. The minimum Gasteiger partial charge on any atom is -0.491 e. The van der Waals surface area contributed by atoms with E-state index in [0.29, 0.717) is 0 Å². The van der Waals surface area contributed by atoms with Crippen LogP contribution in [0.5, 0.6) is 5.75 Å². The van der Waals surface area contributed by atoms with Gasteiger partial charge >= 0.3 is 0 Å². The van der Waals surface area contributed by atoms with Crippen molar-refractivity contribution in [3.05, 3.63) is 29.6 Å². The Morgan fingerprint density at radius 3 is 2.67 bits per heavy atom. The average molecular weight is 175 g/mol. The zero-order valence-corrected chi connectivity index (χ0v) is 6.33. The van der Waals surface area contributed by atoms with Gasteiger partial charge in [0.2, 0.25) is 5.82 Å². The van der Waals surface area contributed by atoms with Crippen LogP contribution in [0.25, 0.3) is 0 Å². The summed E-state index contributed by atoms with van der Waals surface area (Å²) in [6.07, 6.45) is 0. The van der Waals surface area contributed by atoms with Crippen molar-refractivity contribution >= 4 is 0 Å². The van der Waals surface area contributed by atoms with Crippen LogP contribution < -0.4 is 4.74 Å². The van der Waals surface area contributed by atoms with Crippen LogP contribution >= 0.6 is 0 Å². The Balaban J connectivity index is 3.09. The standard InChI is InChI=1S/C8H6F3O/c1-2-12-7-4-5(9)3-6(10)8(7)11/h4H,2H2,1H3. The maximum absolute atomic E-state index is 12.7. The lowest BCUT2D eigenvalue weighted by atomic mass is 10.3. The number of benzene rings is 1. The highest BCUT2D eigenvalue weighted by molar-refractivity contribution is 5.25. The molecule has 0 atom stereocenters. The van der Waals surface area contributed by atoms with Gasteiger partial charge in [0.15, 0.2) is 11.6 Å². The lowest BCUT2D eigenvalue weighted by Crippen LogP contribution is -1.98. The number of halogens is 3. The lowest BCUT2D eigenvalue weighted by Gasteiger charge is -2.03. The third-order valence-corrected chi connectivity index (χ3v) is 1.20. The fourth-order valence-corrected chi connectivity index (χ4v) is 0.743. The van der Waals surface area contributed by atoms with E-state index in [4.69, 9.17) is 0 Å². The van der Waals surface area contributed by atoms with Gasteiger partial charge in [-0.1, -0.05) is 0 Å². The van der Waals surface area contributed by atoms with Crippen molar-refractivity contribution in [3.8, 4) is 5.75 Å². The van der Waals surface area contributed by atoms with Crippen LogP contribution in [0, 0.1) is 23.5 Å². The second kappa shape index (κ2) is 3.47. The monoisotopic (exact) mass is 175 g/mol. The van der Waals surface area contributed by atoms with E-state index in [0.717, 1.165) is 6.07 Å². The molecule has 0 bridgehead atoms. The van der Waals surface area contributed by atoms with E-state index in [-0.39, 0.29) is 6.61 Å².